The minimum atomic E-state index is -0.569. The van der Waals surface area contributed by atoms with Crippen LogP contribution in [0.2, 0.25) is 0 Å². The number of aromatic nitrogens is 2. The predicted octanol–water partition coefficient (Wildman–Crippen LogP) is 3.37. The van der Waals surface area contributed by atoms with Gasteiger partial charge in [0.1, 0.15) is 5.76 Å². The van der Waals surface area contributed by atoms with Crippen molar-refractivity contribution >= 4 is 29.3 Å². The molecule has 152 valence electrons. The number of hydrogen-bond acceptors (Lipinski definition) is 6. The van der Waals surface area contributed by atoms with E-state index in [2.05, 4.69) is 10.5 Å². The van der Waals surface area contributed by atoms with Gasteiger partial charge in [0, 0.05) is 35.0 Å². The van der Waals surface area contributed by atoms with E-state index in [0.717, 1.165) is 29.1 Å². The van der Waals surface area contributed by atoms with Gasteiger partial charge in [-0.15, -0.1) is 11.3 Å². The molecule has 0 fully saturated rings. The van der Waals surface area contributed by atoms with E-state index < -0.39 is 5.97 Å². The zero-order chi connectivity index (χ0) is 20.8. The number of nitrogens with one attached hydrogen (secondary N) is 1. The summed E-state index contributed by atoms with van der Waals surface area (Å²) in [5.41, 5.74) is 2.75. The number of carbonyl (C=O) groups excluding carboxylic acids is 2. The van der Waals surface area contributed by atoms with Crippen molar-refractivity contribution in [2.45, 2.75) is 27.2 Å². The van der Waals surface area contributed by atoms with Crippen LogP contribution in [-0.4, -0.2) is 34.8 Å². The maximum absolute atomic E-state index is 11.9. The van der Waals surface area contributed by atoms with Gasteiger partial charge in [-0.25, -0.2) is 4.79 Å². The first-order chi connectivity index (χ1) is 13.9. The van der Waals surface area contributed by atoms with Crippen molar-refractivity contribution in [1.82, 2.24) is 15.0 Å². The second kappa shape index (κ2) is 9.38. The van der Waals surface area contributed by atoms with E-state index in [4.69, 9.17) is 9.26 Å². The Morgan fingerprint density at radius 3 is 2.83 bits per heavy atom. The quantitative estimate of drug-likeness (QED) is 0.452. The van der Waals surface area contributed by atoms with Crippen LogP contribution in [0.4, 0.5) is 0 Å². The Labute approximate surface area is 173 Å². The van der Waals surface area contributed by atoms with Crippen molar-refractivity contribution < 1.29 is 18.8 Å². The molecule has 0 spiro atoms. The van der Waals surface area contributed by atoms with Crippen LogP contribution in [-0.2, 0) is 20.7 Å². The Morgan fingerprint density at radius 2 is 2.14 bits per heavy atom. The van der Waals surface area contributed by atoms with Gasteiger partial charge < -0.3 is 14.6 Å². The summed E-state index contributed by atoms with van der Waals surface area (Å²) < 4.78 is 12.1. The van der Waals surface area contributed by atoms with Gasteiger partial charge in [-0.05, 0) is 56.3 Å². The monoisotopic (exact) mass is 413 g/mol. The lowest BCUT2D eigenvalue weighted by Crippen LogP contribution is -2.30. The average molecular weight is 413 g/mol. The molecule has 1 amide bonds. The van der Waals surface area contributed by atoms with Crippen LogP contribution in [0.15, 0.2) is 40.2 Å². The van der Waals surface area contributed by atoms with Gasteiger partial charge >= 0.3 is 5.97 Å². The molecule has 1 N–H and O–H groups in total. The average Bonchev–Trinajstić information content (AvgIpc) is 3.40. The molecule has 0 aromatic carbocycles. The van der Waals surface area contributed by atoms with E-state index in [-0.39, 0.29) is 12.5 Å². The number of esters is 1. The standard InChI is InChI=1S/C21H23N3O4S/c1-14-11-17(16(3)24(14)19-12-15(2)28-23-19)6-7-21(26)27-13-20(25)22-9-8-18-5-4-10-29-18/h4-7,10-12H,8-9,13H2,1-3H3,(H,22,25)/b7-6+. The second-order valence-electron chi connectivity index (χ2n) is 6.58. The zero-order valence-electron chi connectivity index (χ0n) is 16.6. The number of hydrogen-bond donors (Lipinski definition) is 1. The number of carbonyl (C=O) groups is 2. The van der Waals surface area contributed by atoms with Crippen LogP contribution in [0.25, 0.3) is 11.9 Å². The zero-order valence-corrected chi connectivity index (χ0v) is 17.4. The number of thiophene rings is 1. The topological polar surface area (TPSA) is 86.4 Å². The first kappa shape index (κ1) is 20.6. The summed E-state index contributed by atoms with van der Waals surface area (Å²) >= 11 is 1.64. The van der Waals surface area contributed by atoms with Crippen molar-refractivity contribution in [3.63, 3.8) is 0 Å². The number of amides is 1. The molecule has 3 rings (SSSR count). The predicted molar refractivity (Wildman–Crippen MR) is 111 cm³/mol. The van der Waals surface area contributed by atoms with E-state index >= 15 is 0 Å². The molecule has 0 unspecified atom stereocenters. The molecule has 0 aliphatic heterocycles. The highest BCUT2D eigenvalue weighted by atomic mass is 32.1. The van der Waals surface area contributed by atoms with Crippen LogP contribution in [0.3, 0.4) is 0 Å². The Balaban J connectivity index is 1.49. The second-order valence-corrected chi connectivity index (χ2v) is 7.61. The third-order valence-electron chi connectivity index (χ3n) is 4.33. The van der Waals surface area contributed by atoms with Crippen LogP contribution in [0.5, 0.6) is 0 Å². The Morgan fingerprint density at radius 1 is 1.31 bits per heavy atom. The molecular weight excluding hydrogens is 390 g/mol. The molecule has 3 heterocycles. The normalized spacial score (nSPS) is 11.1. The Bertz CT molecular complexity index is 1020. The lowest BCUT2D eigenvalue weighted by atomic mass is 10.2. The van der Waals surface area contributed by atoms with Crippen molar-refractivity contribution in [3.05, 3.63) is 63.3 Å². The van der Waals surface area contributed by atoms with Crippen molar-refractivity contribution in [1.29, 1.82) is 0 Å². The maximum Gasteiger partial charge on any atom is 0.331 e. The summed E-state index contributed by atoms with van der Waals surface area (Å²) in [5, 5.41) is 8.77. The Hall–Kier alpha value is -3.13. The van der Waals surface area contributed by atoms with Crippen molar-refractivity contribution in [2.75, 3.05) is 13.2 Å². The van der Waals surface area contributed by atoms with Gasteiger partial charge in [-0.2, -0.15) is 0 Å². The van der Waals surface area contributed by atoms with Gasteiger partial charge in [0.15, 0.2) is 12.4 Å². The first-order valence-corrected chi connectivity index (χ1v) is 10.1. The molecule has 8 heteroatoms. The summed E-state index contributed by atoms with van der Waals surface area (Å²) in [6.45, 7) is 5.93. The maximum atomic E-state index is 11.9. The molecule has 0 saturated heterocycles. The molecule has 0 aliphatic rings. The van der Waals surface area contributed by atoms with Gasteiger partial charge in [0.05, 0.1) is 0 Å². The van der Waals surface area contributed by atoms with E-state index in [0.29, 0.717) is 12.4 Å². The van der Waals surface area contributed by atoms with Gasteiger partial charge in [-0.3, -0.25) is 9.36 Å². The van der Waals surface area contributed by atoms with Gasteiger partial charge in [0.2, 0.25) is 0 Å². The highest BCUT2D eigenvalue weighted by Crippen LogP contribution is 2.21. The van der Waals surface area contributed by atoms with Gasteiger partial charge in [0.25, 0.3) is 5.91 Å². The van der Waals surface area contributed by atoms with Gasteiger partial charge in [-0.1, -0.05) is 11.2 Å². The number of rotatable bonds is 8. The molecule has 0 saturated carbocycles. The molecule has 0 aliphatic carbocycles. The largest absolute Gasteiger partial charge is 0.452 e. The highest BCUT2D eigenvalue weighted by Gasteiger charge is 2.12. The molecule has 0 bridgehead atoms. The summed E-state index contributed by atoms with van der Waals surface area (Å²) in [6, 6.07) is 7.78. The summed E-state index contributed by atoms with van der Waals surface area (Å²) in [6.07, 6.45) is 3.75. The highest BCUT2D eigenvalue weighted by molar-refractivity contribution is 7.09. The summed E-state index contributed by atoms with van der Waals surface area (Å²) in [4.78, 5) is 24.9. The van der Waals surface area contributed by atoms with Crippen LogP contribution < -0.4 is 5.32 Å². The molecule has 3 aromatic heterocycles. The number of nitrogens with zero attached hydrogens (tertiary/aromatic N) is 2. The third kappa shape index (κ3) is 5.45. The lowest BCUT2D eigenvalue weighted by Gasteiger charge is -2.05. The van der Waals surface area contributed by atoms with Crippen molar-refractivity contribution in [3.8, 4) is 5.82 Å². The summed E-state index contributed by atoms with van der Waals surface area (Å²) in [7, 11) is 0. The first-order valence-electron chi connectivity index (χ1n) is 9.20. The smallest absolute Gasteiger partial charge is 0.331 e. The molecule has 0 atom stereocenters. The van der Waals surface area contributed by atoms with E-state index in [1.807, 2.05) is 55.0 Å². The van der Waals surface area contributed by atoms with E-state index in [9.17, 15) is 9.59 Å². The SMILES string of the molecule is Cc1cc(-n2c(C)cc(/C=C/C(=O)OCC(=O)NCCc3cccs3)c2C)no1. The fraction of sp³-hybridized carbons (Fsp3) is 0.286. The Kier molecular flexibility index (Phi) is 6.66. The molecular formula is C21H23N3O4S. The lowest BCUT2D eigenvalue weighted by molar-refractivity contribution is -0.143. The molecule has 0 radical (unpaired) electrons. The number of ether oxygens (including phenoxy) is 1. The van der Waals surface area contributed by atoms with Crippen LogP contribution in [0.1, 0.15) is 27.6 Å². The number of aryl methyl sites for hydroxylation is 2. The summed E-state index contributed by atoms with van der Waals surface area (Å²) in [5.74, 6) is 0.532. The molecule has 7 nitrogen and oxygen atoms in total. The minimum Gasteiger partial charge on any atom is -0.452 e. The van der Waals surface area contributed by atoms with E-state index in [1.165, 1.54) is 11.0 Å². The van der Waals surface area contributed by atoms with Crippen molar-refractivity contribution in [2.24, 2.45) is 0 Å². The van der Waals surface area contributed by atoms with E-state index in [1.54, 1.807) is 17.4 Å². The molecule has 29 heavy (non-hydrogen) atoms. The molecule has 3 aromatic rings. The third-order valence-corrected chi connectivity index (χ3v) is 5.27. The fourth-order valence-electron chi connectivity index (χ4n) is 2.94. The fourth-order valence-corrected chi connectivity index (χ4v) is 3.65. The van der Waals surface area contributed by atoms with Crippen LogP contribution >= 0.6 is 11.3 Å². The van der Waals surface area contributed by atoms with Crippen LogP contribution in [0, 0.1) is 20.8 Å². The minimum absolute atomic E-state index is 0.301.